The second-order valence-corrected chi connectivity index (χ2v) is 7.68. The number of aromatic nitrogens is 4. The molecule has 0 saturated carbocycles. The number of carbonyl (C=O) groups excluding carboxylic acids is 1. The highest BCUT2D eigenvalue weighted by molar-refractivity contribution is 6.00. The van der Waals surface area contributed by atoms with Crippen molar-refractivity contribution in [2.75, 3.05) is 0 Å². The van der Waals surface area contributed by atoms with Crippen LogP contribution in [0.25, 0.3) is 22.6 Å². The van der Waals surface area contributed by atoms with Crippen LogP contribution in [0.15, 0.2) is 54.7 Å². The number of rotatable bonds is 5. The molecule has 2 N–H and O–H groups in total. The number of H-pyrrole nitrogens is 2. The van der Waals surface area contributed by atoms with Gasteiger partial charge in [-0.3, -0.25) is 9.89 Å². The Morgan fingerprint density at radius 1 is 1.07 bits per heavy atom. The molecule has 6 nitrogen and oxygen atoms in total. The van der Waals surface area contributed by atoms with Gasteiger partial charge in [0.05, 0.1) is 22.8 Å². The number of imidazole rings is 1. The maximum absolute atomic E-state index is 13.0. The Labute approximate surface area is 163 Å². The van der Waals surface area contributed by atoms with Gasteiger partial charge in [0, 0.05) is 12.0 Å². The van der Waals surface area contributed by atoms with E-state index in [-0.39, 0.29) is 17.8 Å². The van der Waals surface area contributed by atoms with Crippen molar-refractivity contribution in [2.45, 2.75) is 32.8 Å². The minimum atomic E-state index is -0.383. The summed E-state index contributed by atoms with van der Waals surface area (Å²) in [7, 11) is 0. The van der Waals surface area contributed by atoms with Crippen LogP contribution in [-0.2, 0) is 6.42 Å². The molecule has 28 heavy (non-hydrogen) atoms. The molecular weight excluding hydrogens is 352 g/mol. The zero-order chi connectivity index (χ0) is 19.7. The van der Waals surface area contributed by atoms with E-state index in [0.717, 1.165) is 22.3 Å². The Kier molecular flexibility index (Phi) is 4.47. The molecule has 142 valence electrons. The molecule has 2 aromatic carbocycles. The number of hydrogen-bond donors (Lipinski definition) is 2. The number of hydrogen-bond acceptors (Lipinski definition) is 4. The van der Waals surface area contributed by atoms with Crippen LogP contribution in [0, 0.1) is 0 Å². The number of benzene rings is 2. The minimum absolute atomic E-state index is 0.0291. The van der Waals surface area contributed by atoms with Gasteiger partial charge in [0.15, 0.2) is 11.6 Å². The van der Waals surface area contributed by atoms with Gasteiger partial charge in [-0.2, -0.15) is 5.10 Å². The standard InChI is InChI=1S/C22H22N4O2/c1-22(2,3)28-19-11-7-4-8-15(19)18(27)12-14-13-23-26-20(14)21-24-16-9-5-6-10-17(16)25-21/h4-11,13H,12H2,1-3H3,(H,23,26)(H,24,25). The summed E-state index contributed by atoms with van der Waals surface area (Å²) in [4.78, 5) is 20.9. The number of para-hydroxylation sites is 3. The molecule has 4 rings (SSSR count). The maximum atomic E-state index is 13.0. The van der Waals surface area contributed by atoms with E-state index >= 15 is 0 Å². The summed E-state index contributed by atoms with van der Waals surface area (Å²) in [6, 6.07) is 15.1. The summed E-state index contributed by atoms with van der Waals surface area (Å²) in [5, 5.41) is 7.09. The van der Waals surface area contributed by atoms with Crippen molar-refractivity contribution >= 4 is 16.8 Å². The molecule has 0 atom stereocenters. The van der Waals surface area contributed by atoms with E-state index in [1.165, 1.54) is 0 Å². The third-order valence-electron chi connectivity index (χ3n) is 4.30. The fourth-order valence-corrected chi connectivity index (χ4v) is 3.11. The Morgan fingerprint density at radius 2 is 1.82 bits per heavy atom. The predicted octanol–water partition coefficient (Wildman–Crippen LogP) is 4.56. The topological polar surface area (TPSA) is 83.7 Å². The molecule has 0 fully saturated rings. The Balaban J connectivity index is 1.63. The van der Waals surface area contributed by atoms with E-state index in [0.29, 0.717) is 17.1 Å². The number of fused-ring (bicyclic) bond motifs is 1. The highest BCUT2D eigenvalue weighted by atomic mass is 16.5. The summed E-state index contributed by atoms with van der Waals surface area (Å²) >= 11 is 0. The average molecular weight is 374 g/mol. The second-order valence-electron chi connectivity index (χ2n) is 7.68. The second kappa shape index (κ2) is 6.96. The number of nitrogens with zero attached hydrogens (tertiary/aromatic N) is 2. The molecule has 2 aromatic heterocycles. The van der Waals surface area contributed by atoms with Gasteiger partial charge in [-0.15, -0.1) is 0 Å². The fourth-order valence-electron chi connectivity index (χ4n) is 3.11. The van der Waals surface area contributed by atoms with Crippen LogP contribution in [0.2, 0.25) is 0 Å². The number of ketones is 1. The quantitative estimate of drug-likeness (QED) is 0.502. The van der Waals surface area contributed by atoms with Crippen molar-refractivity contribution in [3.05, 3.63) is 65.9 Å². The van der Waals surface area contributed by atoms with E-state index in [1.807, 2.05) is 63.2 Å². The lowest BCUT2D eigenvalue weighted by molar-refractivity contribution is 0.0971. The van der Waals surface area contributed by atoms with Gasteiger partial charge in [-0.05, 0) is 45.0 Å². The van der Waals surface area contributed by atoms with E-state index in [2.05, 4.69) is 20.2 Å². The van der Waals surface area contributed by atoms with Crippen molar-refractivity contribution in [3.63, 3.8) is 0 Å². The molecular formula is C22H22N4O2. The SMILES string of the molecule is CC(C)(C)Oc1ccccc1C(=O)Cc1cn[nH]c1-c1nc2ccccc2[nH]1. The first-order chi connectivity index (χ1) is 13.4. The molecule has 0 aliphatic rings. The average Bonchev–Trinajstić information content (AvgIpc) is 3.26. The van der Waals surface area contributed by atoms with E-state index in [9.17, 15) is 4.79 Å². The summed E-state index contributed by atoms with van der Waals surface area (Å²) in [5.41, 5.74) is 3.50. The largest absolute Gasteiger partial charge is 0.487 e. The summed E-state index contributed by atoms with van der Waals surface area (Å²) < 4.78 is 5.97. The molecule has 0 radical (unpaired) electrons. The summed E-state index contributed by atoms with van der Waals surface area (Å²) in [6.07, 6.45) is 1.88. The number of Topliss-reactive ketones (excluding diaryl/α,β-unsaturated/α-hetero) is 1. The smallest absolute Gasteiger partial charge is 0.171 e. The maximum Gasteiger partial charge on any atom is 0.171 e. The van der Waals surface area contributed by atoms with Gasteiger partial charge >= 0.3 is 0 Å². The Morgan fingerprint density at radius 3 is 2.61 bits per heavy atom. The normalized spacial score (nSPS) is 11.7. The molecule has 6 heteroatoms. The van der Waals surface area contributed by atoms with Crippen molar-refractivity contribution in [1.82, 2.24) is 20.2 Å². The molecule has 0 saturated heterocycles. The van der Waals surface area contributed by atoms with Gasteiger partial charge in [-0.1, -0.05) is 24.3 Å². The third kappa shape index (κ3) is 3.67. The Bertz CT molecular complexity index is 1100. The zero-order valence-corrected chi connectivity index (χ0v) is 16.1. The predicted molar refractivity (Wildman–Crippen MR) is 109 cm³/mol. The zero-order valence-electron chi connectivity index (χ0n) is 16.1. The highest BCUT2D eigenvalue weighted by Gasteiger charge is 2.20. The van der Waals surface area contributed by atoms with Gasteiger partial charge in [0.25, 0.3) is 0 Å². The molecule has 0 aliphatic carbocycles. The highest BCUT2D eigenvalue weighted by Crippen LogP contribution is 2.27. The number of carbonyl (C=O) groups is 1. The van der Waals surface area contributed by atoms with Crippen LogP contribution in [0.4, 0.5) is 0 Å². The van der Waals surface area contributed by atoms with E-state index in [4.69, 9.17) is 4.74 Å². The number of aromatic amines is 2. The monoisotopic (exact) mass is 374 g/mol. The van der Waals surface area contributed by atoms with Crippen LogP contribution in [0.5, 0.6) is 5.75 Å². The summed E-state index contributed by atoms with van der Waals surface area (Å²) in [5.74, 6) is 1.23. The van der Waals surface area contributed by atoms with Crippen LogP contribution in [-0.4, -0.2) is 31.5 Å². The Hall–Kier alpha value is -3.41. The molecule has 0 spiro atoms. The van der Waals surface area contributed by atoms with Gasteiger partial charge in [-0.25, -0.2) is 4.98 Å². The summed E-state index contributed by atoms with van der Waals surface area (Å²) in [6.45, 7) is 5.89. The van der Waals surface area contributed by atoms with Crippen LogP contribution >= 0.6 is 0 Å². The van der Waals surface area contributed by atoms with Crippen molar-refractivity contribution in [1.29, 1.82) is 0 Å². The fraction of sp³-hybridized carbons (Fsp3) is 0.227. The number of nitrogens with one attached hydrogen (secondary N) is 2. The molecule has 0 amide bonds. The lowest BCUT2D eigenvalue weighted by Gasteiger charge is -2.22. The van der Waals surface area contributed by atoms with E-state index < -0.39 is 0 Å². The van der Waals surface area contributed by atoms with Crippen LogP contribution < -0.4 is 4.74 Å². The van der Waals surface area contributed by atoms with Crippen LogP contribution in [0.1, 0.15) is 36.7 Å². The lowest BCUT2D eigenvalue weighted by Crippen LogP contribution is -2.24. The first-order valence-electron chi connectivity index (χ1n) is 9.19. The molecule has 4 aromatic rings. The molecule has 0 aliphatic heterocycles. The third-order valence-corrected chi connectivity index (χ3v) is 4.30. The minimum Gasteiger partial charge on any atom is -0.487 e. The first kappa shape index (κ1) is 18.0. The van der Waals surface area contributed by atoms with Crippen molar-refractivity contribution in [2.24, 2.45) is 0 Å². The van der Waals surface area contributed by atoms with E-state index in [1.54, 1.807) is 12.3 Å². The van der Waals surface area contributed by atoms with Crippen molar-refractivity contribution < 1.29 is 9.53 Å². The van der Waals surface area contributed by atoms with Gasteiger partial charge < -0.3 is 9.72 Å². The number of ether oxygens (including phenoxy) is 1. The van der Waals surface area contributed by atoms with Gasteiger partial charge in [0.1, 0.15) is 17.0 Å². The first-order valence-corrected chi connectivity index (χ1v) is 9.19. The van der Waals surface area contributed by atoms with Crippen LogP contribution in [0.3, 0.4) is 0 Å². The van der Waals surface area contributed by atoms with Gasteiger partial charge in [0.2, 0.25) is 0 Å². The van der Waals surface area contributed by atoms with Crippen molar-refractivity contribution in [3.8, 4) is 17.3 Å². The molecule has 0 unspecified atom stereocenters. The molecule has 0 bridgehead atoms. The molecule has 2 heterocycles. The lowest BCUT2D eigenvalue weighted by atomic mass is 10.0.